The van der Waals surface area contributed by atoms with Crippen LogP contribution in [0, 0.1) is 0 Å². The number of rotatable bonds is 4. The summed E-state index contributed by atoms with van der Waals surface area (Å²) < 4.78 is 64.8. The van der Waals surface area contributed by atoms with E-state index in [1.165, 1.54) is 18.2 Å². The molecule has 8 heteroatoms. The molecule has 4 nitrogen and oxygen atoms in total. The number of nitrogens with zero attached hydrogens (tertiary/aromatic N) is 1. The molecule has 0 heterocycles. The lowest BCUT2D eigenvalue weighted by atomic mass is 10.1. The molecule has 2 rings (SSSR count). The normalized spacial score (nSPS) is 12.6. The predicted octanol–water partition coefficient (Wildman–Crippen LogP) is 3.17. The van der Waals surface area contributed by atoms with Crippen molar-refractivity contribution in [1.82, 2.24) is 0 Å². The molecule has 22 heavy (non-hydrogen) atoms. The van der Waals surface area contributed by atoms with Crippen LogP contribution < -0.4 is 4.90 Å². The largest absolute Gasteiger partial charge is 0.413 e. The van der Waals surface area contributed by atoms with Crippen LogP contribution >= 0.6 is 0 Å². The summed E-state index contributed by atoms with van der Waals surface area (Å²) in [5, 5.41) is 0.931. The Balaban J connectivity index is 2.55. The first-order valence-corrected chi connectivity index (χ1v) is 7.68. The Kier molecular flexibility index (Phi) is 4.35. The molecule has 0 fully saturated rings. The monoisotopic (exact) mass is 333 g/mol. The van der Waals surface area contributed by atoms with E-state index in [1.54, 1.807) is 37.2 Å². The lowest BCUT2D eigenvalue weighted by Crippen LogP contribution is -2.20. The van der Waals surface area contributed by atoms with Crippen LogP contribution in [0.5, 0.6) is 0 Å². The van der Waals surface area contributed by atoms with E-state index in [0.717, 1.165) is 5.69 Å². The Morgan fingerprint density at radius 1 is 1.05 bits per heavy atom. The smallest absolute Gasteiger partial charge is 0.377 e. The first kappa shape index (κ1) is 16.6. The van der Waals surface area contributed by atoms with Crippen molar-refractivity contribution in [3.8, 4) is 0 Å². The maximum absolute atomic E-state index is 12.2. The van der Waals surface area contributed by atoms with Crippen molar-refractivity contribution < 1.29 is 25.8 Å². The van der Waals surface area contributed by atoms with Crippen LogP contribution in [-0.2, 0) is 14.3 Å². The van der Waals surface area contributed by atoms with Gasteiger partial charge in [0.05, 0.1) is 0 Å². The fourth-order valence-electron chi connectivity index (χ4n) is 2.08. The minimum absolute atomic E-state index is 0.280. The average Bonchev–Trinajstić information content (AvgIpc) is 2.43. The van der Waals surface area contributed by atoms with Gasteiger partial charge in [0.15, 0.2) is 6.61 Å². The second-order valence-electron chi connectivity index (χ2n) is 4.85. The van der Waals surface area contributed by atoms with Gasteiger partial charge in [-0.25, -0.2) is 0 Å². The van der Waals surface area contributed by atoms with Crippen molar-refractivity contribution in [2.24, 2.45) is 0 Å². The molecule has 0 bridgehead atoms. The Hall–Kier alpha value is -1.80. The maximum atomic E-state index is 12.2. The molecule has 0 aliphatic heterocycles. The van der Waals surface area contributed by atoms with Crippen LogP contribution in [0.4, 0.5) is 18.9 Å². The zero-order valence-electron chi connectivity index (χ0n) is 11.9. The molecule has 0 saturated carbocycles. The summed E-state index contributed by atoms with van der Waals surface area (Å²) in [4.78, 5) is 1.51. The van der Waals surface area contributed by atoms with Gasteiger partial charge >= 0.3 is 6.18 Å². The van der Waals surface area contributed by atoms with Crippen molar-refractivity contribution in [2.75, 3.05) is 25.6 Å². The number of halogens is 3. The minimum Gasteiger partial charge on any atom is -0.377 e. The van der Waals surface area contributed by atoms with Crippen LogP contribution in [0.15, 0.2) is 41.3 Å². The molecule has 0 atom stereocenters. The number of hydrogen-bond donors (Lipinski definition) is 0. The van der Waals surface area contributed by atoms with Crippen molar-refractivity contribution in [3.05, 3.63) is 36.4 Å². The van der Waals surface area contributed by atoms with Crippen LogP contribution in [0.1, 0.15) is 0 Å². The van der Waals surface area contributed by atoms with Crippen LogP contribution in [0.3, 0.4) is 0 Å². The highest BCUT2D eigenvalue weighted by Crippen LogP contribution is 2.31. The molecule has 0 radical (unpaired) electrons. The molecule has 0 spiro atoms. The number of benzene rings is 2. The highest BCUT2D eigenvalue weighted by atomic mass is 32.2. The molecule has 2 aromatic rings. The van der Waals surface area contributed by atoms with E-state index in [2.05, 4.69) is 4.18 Å². The third kappa shape index (κ3) is 3.50. The number of hydrogen-bond acceptors (Lipinski definition) is 4. The van der Waals surface area contributed by atoms with Gasteiger partial charge < -0.3 is 4.90 Å². The molecule has 120 valence electrons. The average molecular weight is 333 g/mol. The predicted molar refractivity (Wildman–Crippen MR) is 77.5 cm³/mol. The zero-order chi connectivity index (χ0) is 16.5. The number of anilines is 1. The molecule has 0 N–H and O–H groups in total. The van der Waals surface area contributed by atoms with E-state index >= 15 is 0 Å². The molecule has 0 saturated heterocycles. The maximum Gasteiger partial charge on any atom is 0.413 e. The van der Waals surface area contributed by atoms with E-state index in [9.17, 15) is 21.6 Å². The summed E-state index contributed by atoms with van der Waals surface area (Å²) >= 11 is 0. The number of fused-ring (bicyclic) bond motifs is 1. The van der Waals surface area contributed by atoms with E-state index in [1.807, 2.05) is 0 Å². The molecule has 2 aromatic carbocycles. The van der Waals surface area contributed by atoms with Crippen LogP contribution in [0.2, 0.25) is 0 Å². The first-order chi connectivity index (χ1) is 10.1. The van der Waals surface area contributed by atoms with Crippen molar-refractivity contribution in [3.63, 3.8) is 0 Å². The van der Waals surface area contributed by atoms with Gasteiger partial charge in [0.2, 0.25) is 0 Å². The Morgan fingerprint density at radius 2 is 1.64 bits per heavy atom. The van der Waals surface area contributed by atoms with Gasteiger partial charge in [0.1, 0.15) is 4.90 Å². The van der Waals surface area contributed by atoms with E-state index < -0.39 is 22.9 Å². The summed E-state index contributed by atoms with van der Waals surface area (Å²) in [7, 11) is -0.925. The summed E-state index contributed by atoms with van der Waals surface area (Å²) in [6.07, 6.45) is -4.72. The van der Waals surface area contributed by atoms with Gasteiger partial charge in [0.25, 0.3) is 10.1 Å². The SMILES string of the molecule is CN(C)c1cccc2c(S(=O)(=O)OCC(F)(F)F)cccc12. The number of alkyl halides is 3. The second-order valence-corrected chi connectivity index (χ2v) is 6.44. The fourth-order valence-corrected chi connectivity index (χ4v) is 3.19. The van der Waals surface area contributed by atoms with Gasteiger partial charge in [-0.3, -0.25) is 4.18 Å². The van der Waals surface area contributed by atoms with Gasteiger partial charge in [-0.1, -0.05) is 24.3 Å². The third-order valence-corrected chi connectivity index (χ3v) is 4.31. The van der Waals surface area contributed by atoms with Gasteiger partial charge in [-0.15, -0.1) is 0 Å². The molecule has 0 amide bonds. The van der Waals surface area contributed by atoms with Crippen LogP contribution in [-0.4, -0.2) is 35.3 Å². The van der Waals surface area contributed by atoms with Gasteiger partial charge in [0, 0.05) is 30.6 Å². The lowest BCUT2D eigenvalue weighted by Gasteiger charge is -2.17. The highest BCUT2D eigenvalue weighted by molar-refractivity contribution is 7.87. The Morgan fingerprint density at radius 3 is 2.23 bits per heavy atom. The summed E-state index contributed by atoms with van der Waals surface area (Å²) in [5.74, 6) is 0. The quantitative estimate of drug-likeness (QED) is 0.806. The Bertz CT molecular complexity index is 786. The van der Waals surface area contributed by atoms with Crippen LogP contribution in [0.25, 0.3) is 10.8 Å². The minimum atomic E-state index is -4.72. The van der Waals surface area contributed by atoms with Crippen molar-refractivity contribution in [2.45, 2.75) is 11.1 Å². The topological polar surface area (TPSA) is 46.6 Å². The van der Waals surface area contributed by atoms with Gasteiger partial charge in [-0.05, 0) is 12.1 Å². The van der Waals surface area contributed by atoms with E-state index in [4.69, 9.17) is 0 Å². The summed E-state index contributed by atoms with van der Waals surface area (Å²) in [6, 6.07) is 9.36. The molecular formula is C14H14F3NO3S. The fraction of sp³-hybridized carbons (Fsp3) is 0.286. The van der Waals surface area contributed by atoms with E-state index in [-0.39, 0.29) is 4.90 Å². The zero-order valence-corrected chi connectivity index (χ0v) is 12.7. The highest BCUT2D eigenvalue weighted by Gasteiger charge is 2.32. The summed E-state index contributed by atoms with van der Waals surface area (Å²) in [5.41, 5.74) is 0.755. The van der Waals surface area contributed by atoms with Crippen molar-refractivity contribution >= 4 is 26.6 Å². The summed E-state index contributed by atoms with van der Waals surface area (Å²) in [6.45, 7) is -1.85. The lowest BCUT2D eigenvalue weighted by molar-refractivity contribution is -0.152. The second kappa shape index (κ2) is 5.77. The molecule has 0 aliphatic rings. The standard InChI is InChI=1S/C14H14F3NO3S/c1-18(2)12-7-3-6-11-10(12)5-4-8-13(11)22(19,20)21-9-14(15,16)17/h3-8H,9H2,1-2H3. The van der Waals surface area contributed by atoms with E-state index in [0.29, 0.717) is 10.8 Å². The molecule has 0 aliphatic carbocycles. The van der Waals surface area contributed by atoms with Crippen molar-refractivity contribution in [1.29, 1.82) is 0 Å². The molecule has 0 unspecified atom stereocenters. The third-order valence-electron chi connectivity index (χ3n) is 2.99. The van der Waals surface area contributed by atoms with Gasteiger partial charge in [-0.2, -0.15) is 21.6 Å². The Labute approximate surface area is 126 Å². The molecular weight excluding hydrogens is 319 g/mol. The first-order valence-electron chi connectivity index (χ1n) is 6.27. The molecule has 0 aromatic heterocycles.